The summed E-state index contributed by atoms with van der Waals surface area (Å²) in [6, 6.07) is 3.90. The Morgan fingerprint density at radius 1 is 1.17 bits per heavy atom. The van der Waals surface area contributed by atoms with Crippen LogP contribution in [0.4, 0.5) is 5.95 Å². The van der Waals surface area contributed by atoms with E-state index in [4.69, 9.17) is 9.47 Å². The lowest BCUT2D eigenvalue weighted by atomic mass is 10.2. The average Bonchev–Trinajstić information content (AvgIpc) is 2.72. The number of aromatic nitrogens is 4. The smallest absolute Gasteiger partial charge is 0.341 e. The van der Waals surface area contributed by atoms with Gasteiger partial charge in [-0.25, -0.2) is 24.7 Å². The van der Waals surface area contributed by atoms with Crippen LogP contribution in [0.2, 0.25) is 0 Å². The van der Waals surface area contributed by atoms with Crippen LogP contribution in [0.25, 0.3) is 10.9 Å². The number of carbonyl (C=O) groups excluding carboxylic acids is 1. The molecule has 0 N–H and O–H groups in total. The van der Waals surface area contributed by atoms with Gasteiger partial charge in [-0.15, -0.1) is 0 Å². The van der Waals surface area contributed by atoms with E-state index >= 15 is 0 Å². The Hall–Kier alpha value is -2.81. The van der Waals surface area contributed by atoms with E-state index in [0.717, 1.165) is 33.2 Å². The predicted molar refractivity (Wildman–Crippen MR) is 113 cm³/mol. The van der Waals surface area contributed by atoms with Gasteiger partial charge >= 0.3 is 5.97 Å². The van der Waals surface area contributed by atoms with Gasteiger partial charge in [0.15, 0.2) is 0 Å². The predicted octanol–water partition coefficient (Wildman–Crippen LogP) is 3.57. The fourth-order valence-electron chi connectivity index (χ4n) is 2.76. The van der Waals surface area contributed by atoms with Gasteiger partial charge in [0.1, 0.15) is 17.6 Å². The number of carbonyl (C=O) groups is 1. The molecule has 0 spiro atoms. The molecule has 9 heteroatoms. The zero-order valence-corrected chi connectivity index (χ0v) is 18.1. The second-order valence-electron chi connectivity index (χ2n) is 6.37. The number of rotatable bonds is 8. The third kappa shape index (κ3) is 5.17. The minimum atomic E-state index is -0.421. The van der Waals surface area contributed by atoms with E-state index in [1.165, 1.54) is 12.4 Å². The summed E-state index contributed by atoms with van der Waals surface area (Å²) in [5, 5.41) is 0.962. The first-order chi connectivity index (χ1) is 14.0. The quantitative estimate of drug-likeness (QED) is 0.372. The van der Waals surface area contributed by atoms with Crippen molar-refractivity contribution in [1.82, 2.24) is 19.9 Å². The number of hydrogen-bond donors (Lipinski definition) is 0. The van der Waals surface area contributed by atoms with Crippen LogP contribution in [0.3, 0.4) is 0 Å². The van der Waals surface area contributed by atoms with Crippen LogP contribution in [0, 0.1) is 6.92 Å². The van der Waals surface area contributed by atoms with E-state index in [1.807, 2.05) is 31.0 Å². The monoisotopic (exact) mass is 459 g/mol. The lowest BCUT2D eigenvalue weighted by molar-refractivity contribution is 0.0525. The highest BCUT2D eigenvalue weighted by Gasteiger charge is 2.11. The number of esters is 1. The highest BCUT2D eigenvalue weighted by atomic mass is 79.9. The van der Waals surface area contributed by atoms with Gasteiger partial charge in [0.05, 0.1) is 18.8 Å². The second-order valence-corrected chi connectivity index (χ2v) is 7.29. The van der Waals surface area contributed by atoms with Crippen LogP contribution < -0.4 is 9.64 Å². The molecule has 0 bridgehead atoms. The molecule has 29 heavy (non-hydrogen) atoms. The molecule has 0 amide bonds. The molecular weight excluding hydrogens is 438 g/mol. The summed E-state index contributed by atoms with van der Waals surface area (Å²) in [5.41, 5.74) is 2.04. The first-order valence-corrected chi connectivity index (χ1v) is 10.0. The maximum Gasteiger partial charge on any atom is 0.341 e. The van der Waals surface area contributed by atoms with Crippen molar-refractivity contribution in [2.45, 2.75) is 20.3 Å². The fraction of sp³-hybridized carbons (Fsp3) is 0.350. The van der Waals surface area contributed by atoms with Crippen molar-refractivity contribution in [2.75, 3.05) is 31.7 Å². The molecule has 152 valence electrons. The Bertz CT molecular complexity index is 997. The van der Waals surface area contributed by atoms with Gasteiger partial charge in [0, 0.05) is 41.5 Å². The highest BCUT2D eigenvalue weighted by molar-refractivity contribution is 9.10. The SMILES string of the molecule is CCOC(=O)c1cnc(N(C)CCCOc2cc(Br)cc3c(C)ncnc23)nc1. The van der Waals surface area contributed by atoms with Crippen molar-refractivity contribution in [2.24, 2.45) is 0 Å². The van der Waals surface area contributed by atoms with E-state index in [0.29, 0.717) is 31.3 Å². The number of nitrogens with zero attached hydrogens (tertiary/aromatic N) is 5. The average molecular weight is 460 g/mol. The number of fused-ring (bicyclic) bond motifs is 1. The van der Waals surface area contributed by atoms with Crippen LogP contribution in [0.15, 0.2) is 35.3 Å². The largest absolute Gasteiger partial charge is 0.491 e. The molecule has 0 radical (unpaired) electrons. The molecule has 3 rings (SSSR count). The Balaban J connectivity index is 1.56. The standard InChI is InChI=1S/C20H22BrN5O3/c1-4-28-19(27)14-10-22-20(23-11-14)26(3)6-5-7-29-17-9-15(21)8-16-13(2)24-12-25-18(16)17/h8-12H,4-7H2,1-3H3. The summed E-state index contributed by atoms with van der Waals surface area (Å²) in [7, 11) is 1.89. The molecule has 0 fully saturated rings. The van der Waals surface area contributed by atoms with Gasteiger partial charge in [-0.05, 0) is 32.4 Å². The summed E-state index contributed by atoms with van der Waals surface area (Å²) in [6.45, 7) is 5.23. The molecule has 0 aliphatic rings. The van der Waals surface area contributed by atoms with Crippen molar-refractivity contribution in [1.29, 1.82) is 0 Å². The molecule has 2 aromatic heterocycles. The molecule has 0 aliphatic heterocycles. The molecule has 0 saturated carbocycles. The topological polar surface area (TPSA) is 90.3 Å². The molecular formula is C20H22BrN5O3. The number of hydrogen-bond acceptors (Lipinski definition) is 8. The molecule has 3 aromatic rings. The maximum atomic E-state index is 11.7. The van der Waals surface area contributed by atoms with Crippen LogP contribution in [0.1, 0.15) is 29.4 Å². The van der Waals surface area contributed by atoms with E-state index < -0.39 is 5.97 Å². The Labute approximate surface area is 177 Å². The number of halogens is 1. The highest BCUT2D eigenvalue weighted by Crippen LogP contribution is 2.29. The maximum absolute atomic E-state index is 11.7. The van der Waals surface area contributed by atoms with Gasteiger partial charge in [-0.2, -0.15) is 0 Å². The number of aryl methyl sites for hydroxylation is 1. The van der Waals surface area contributed by atoms with Crippen molar-refractivity contribution >= 4 is 38.8 Å². The summed E-state index contributed by atoms with van der Waals surface area (Å²) in [5.74, 6) is 0.835. The van der Waals surface area contributed by atoms with E-state index in [9.17, 15) is 4.79 Å². The van der Waals surface area contributed by atoms with Gasteiger partial charge in [0.25, 0.3) is 0 Å². The van der Waals surface area contributed by atoms with Crippen molar-refractivity contribution < 1.29 is 14.3 Å². The summed E-state index contributed by atoms with van der Waals surface area (Å²) in [4.78, 5) is 30.6. The molecule has 0 aliphatic carbocycles. The minimum absolute atomic E-state index is 0.319. The van der Waals surface area contributed by atoms with Gasteiger partial charge in [0.2, 0.25) is 5.95 Å². The Morgan fingerprint density at radius 3 is 2.66 bits per heavy atom. The van der Waals surface area contributed by atoms with Crippen LogP contribution in [-0.4, -0.2) is 52.7 Å². The van der Waals surface area contributed by atoms with Gasteiger partial charge < -0.3 is 14.4 Å². The van der Waals surface area contributed by atoms with Crippen LogP contribution in [0.5, 0.6) is 5.75 Å². The molecule has 0 saturated heterocycles. The summed E-state index contributed by atoms with van der Waals surface area (Å²) < 4.78 is 11.8. The van der Waals surface area contributed by atoms with Crippen molar-refractivity contribution in [3.05, 3.63) is 46.6 Å². The van der Waals surface area contributed by atoms with Gasteiger partial charge in [-0.1, -0.05) is 15.9 Å². The third-order valence-corrected chi connectivity index (χ3v) is 4.71. The van der Waals surface area contributed by atoms with Crippen LogP contribution in [-0.2, 0) is 4.74 Å². The van der Waals surface area contributed by atoms with Crippen molar-refractivity contribution in [3.8, 4) is 5.75 Å². The number of benzene rings is 1. The first-order valence-electron chi connectivity index (χ1n) is 9.23. The minimum Gasteiger partial charge on any atom is -0.491 e. The van der Waals surface area contributed by atoms with E-state index in [2.05, 4.69) is 35.9 Å². The summed E-state index contributed by atoms with van der Waals surface area (Å²) in [6.07, 6.45) is 5.26. The van der Waals surface area contributed by atoms with Crippen LogP contribution >= 0.6 is 15.9 Å². The molecule has 1 aromatic carbocycles. The number of ether oxygens (including phenoxy) is 2. The summed E-state index contributed by atoms with van der Waals surface area (Å²) >= 11 is 3.51. The first kappa shape index (κ1) is 20.9. The Kier molecular flexibility index (Phi) is 6.92. The second kappa shape index (κ2) is 9.60. The normalized spacial score (nSPS) is 10.8. The lowest BCUT2D eigenvalue weighted by Crippen LogP contribution is -2.23. The Morgan fingerprint density at radius 2 is 1.93 bits per heavy atom. The fourth-order valence-corrected chi connectivity index (χ4v) is 3.19. The zero-order chi connectivity index (χ0) is 20.8. The van der Waals surface area contributed by atoms with E-state index in [1.54, 1.807) is 13.3 Å². The lowest BCUT2D eigenvalue weighted by Gasteiger charge is -2.17. The van der Waals surface area contributed by atoms with Crippen molar-refractivity contribution in [3.63, 3.8) is 0 Å². The third-order valence-electron chi connectivity index (χ3n) is 4.25. The molecule has 2 heterocycles. The molecule has 8 nitrogen and oxygen atoms in total. The molecule has 0 atom stereocenters. The van der Waals surface area contributed by atoms with Gasteiger partial charge in [-0.3, -0.25) is 0 Å². The molecule has 0 unspecified atom stereocenters. The zero-order valence-electron chi connectivity index (χ0n) is 16.6. The van der Waals surface area contributed by atoms with E-state index in [-0.39, 0.29) is 0 Å². The number of anilines is 1.